The van der Waals surface area contributed by atoms with Gasteiger partial charge in [0.1, 0.15) is 0 Å². The van der Waals surface area contributed by atoms with Crippen LogP contribution >= 0.6 is 0 Å². The zero-order chi connectivity index (χ0) is 30.7. The third kappa shape index (κ3) is 3.51. The number of nitrogens with zero attached hydrogens (tertiary/aromatic N) is 1. The number of hydrogen-bond acceptors (Lipinski definition) is 1. The van der Waals surface area contributed by atoms with Crippen LogP contribution in [0.5, 0.6) is 0 Å². The maximum Gasteiger partial charge on any atom is 0.0468 e. The lowest BCUT2D eigenvalue weighted by Gasteiger charge is -2.53. The van der Waals surface area contributed by atoms with Crippen molar-refractivity contribution < 1.29 is 0 Å². The molecule has 1 nitrogen and oxygen atoms in total. The quantitative estimate of drug-likeness (QED) is 0.197. The molecule has 2 spiro atoms. The van der Waals surface area contributed by atoms with Crippen LogP contribution in [0.2, 0.25) is 0 Å². The van der Waals surface area contributed by atoms with Crippen molar-refractivity contribution in [1.82, 2.24) is 0 Å². The van der Waals surface area contributed by atoms with Crippen molar-refractivity contribution in [2.24, 2.45) is 23.7 Å². The van der Waals surface area contributed by atoms with E-state index < -0.39 is 0 Å². The second kappa shape index (κ2) is 9.72. The Balaban J connectivity index is 1.12. The number of para-hydroxylation sites is 1. The average Bonchev–Trinajstić information content (AvgIpc) is 3.75. The van der Waals surface area contributed by atoms with Crippen LogP contribution < -0.4 is 4.90 Å². The molecule has 7 aliphatic rings. The van der Waals surface area contributed by atoms with Gasteiger partial charge in [-0.05, 0) is 150 Å². The van der Waals surface area contributed by atoms with Crippen molar-refractivity contribution >= 4 is 17.1 Å². The van der Waals surface area contributed by atoms with Gasteiger partial charge in [-0.2, -0.15) is 0 Å². The van der Waals surface area contributed by atoms with Crippen LogP contribution in [-0.2, 0) is 10.8 Å². The summed E-state index contributed by atoms with van der Waals surface area (Å²) in [5.74, 6) is 3.38. The van der Waals surface area contributed by atoms with E-state index in [9.17, 15) is 0 Å². The minimum absolute atomic E-state index is 0.154. The molecule has 5 aromatic rings. The third-order valence-electron chi connectivity index (χ3n) is 14.1. The van der Waals surface area contributed by atoms with Crippen LogP contribution in [0.25, 0.3) is 22.3 Å². The van der Waals surface area contributed by atoms with E-state index in [4.69, 9.17) is 0 Å². The summed E-state index contributed by atoms with van der Waals surface area (Å²) >= 11 is 0. The molecule has 5 fully saturated rings. The normalized spacial score (nSPS) is 28.3. The summed E-state index contributed by atoms with van der Waals surface area (Å²) in [7, 11) is 0. The van der Waals surface area contributed by atoms with E-state index in [2.05, 4.69) is 120 Å². The lowest BCUT2D eigenvalue weighted by Crippen LogP contribution is -2.48. The summed E-state index contributed by atoms with van der Waals surface area (Å²) in [4.78, 5) is 2.56. The van der Waals surface area contributed by atoms with Crippen molar-refractivity contribution in [3.8, 4) is 22.3 Å². The van der Waals surface area contributed by atoms with Crippen LogP contribution in [0.4, 0.5) is 17.1 Å². The number of rotatable bonds is 3. The molecule has 12 rings (SSSR count). The monoisotopic (exact) mass is 609 g/mol. The van der Waals surface area contributed by atoms with E-state index in [0.717, 1.165) is 23.7 Å². The molecule has 5 aromatic carbocycles. The fraction of sp³-hybridized carbons (Fsp3) is 0.348. The summed E-state index contributed by atoms with van der Waals surface area (Å²) in [6, 6.07) is 45.0. The molecule has 0 aliphatic heterocycles. The minimum atomic E-state index is 0.154. The first kappa shape index (κ1) is 26.9. The maximum absolute atomic E-state index is 2.66. The van der Waals surface area contributed by atoms with Gasteiger partial charge in [0.2, 0.25) is 0 Å². The largest absolute Gasteiger partial charge is 0.310 e. The van der Waals surface area contributed by atoms with E-state index in [-0.39, 0.29) is 10.8 Å². The Kier molecular flexibility index (Phi) is 5.57. The second-order valence-electron chi connectivity index (χ2n) is 16.0. The van der Waals surface area contributed by atoms with E-state index in [1.807, 2.05) is 0 Å². The van der Waals surface area contributed by atoms with Crippen LogP contribution in [0, 0.1) is 23.7 Å². The number of benzene rings is 5. The highest BCUT2D eigenvalue weighted by molar-refractivity contribution is 5.89. The first-order valence-corrected chi connectivity index (χ1v) is 18.6. The molecule has 7 aliphatic carbocycles. The Morgan fingerprint density at radius 3 is 1.94 bits per heavy atom. The molecule has 0 aromatic heterocycles. The van der Waals surface area contributed by atoms with Gasteiger partial charge in [-0.1, -0.05) is 98.1 Å². The molecule has 0 heterocycles. The second-order valence-corrected chi connectivity index (χ2v) is 16.0. The van der Waals surface area contributed by atoms with Crippen LogP contribution in [-0.4, -0.2) is 0 Å². The Morgan fingerprint density at radius 2 is 1.09 bits per heavy atom. The van der Waals surface area contributed by atoms with Gasteiger partial charge >= 0.3 is 0 Å². The summed E-state index contributed by atoms with van der Waals surface area (Å²) < 4.78 is 0. The smallest absolute Gasteiger partial charge is 0.0468 e. The van der Waals surface area contributed by atoms with E-state index in [0.29, 0.717) is 0 Å². The third-order valence-corrected chi connectivity index (χ3v) is 14.1. The SMILES string of the molecule is c1ccc(N(c2ccc3c(c2)-c2ccccc2C32CCCC2)c2ccc3c(c2)C2(c4ccccc4-3)C3CCC4CC2C[C@@H](C4)C3)cc1. The van der Waals surface area contributed by atoms with Crippen molar-refractivity contribution in [1.29, 1.82) is 0 Å². The number of hydrogen-bond donors (Lipinski definition) is 0. The van der Waals surface area contributed by atoms with Gasteiger partial charge in [0.15, 0.2) is 0 Å². The highest BCUT2D eigenvalue weighted by Gasteiger charge is 2.59. The highest BCUT2D eigenvalue weighted by atomic mass is 15.1. The van der Waals surface area contributed by atoms with Crippen LogP contribution in [0.1, 0.15) is 86.5 Å². The predicted molar refractivity (Wildman–Crippen MR) is 194 cm³/mol. The van der Waals surface area contributed by atoms with Gasteiger partial charge in [-0.25, -0.2) is 0 Å². The molecule has 232 valence electrons. The first-order chi connectivity index (χ1) is 23.2. The van der Waals surface area contributed by atoms with Gasteiger partial charge in [-0.15, -0.1) is 0 Å². The molecule has 0 amide bonds. The van der Waals surface area contributed by atoms with Gasteiger partial charge in [-0.3, -0.25) is 0 Å². The molecule has 4 bridgehead atoms. The Morgan fingerprint density at radius 1 is 0.447 bits per heavy atom. The standard InChI is InChI=1S/C46H43N/c1-2-10-34(11-3-1)47(35-19-21-42-40(28-35)38-13-4-6-14-41(38)45(42)22-8-9-23-45)36-18-20-39-37-12-5-7-15-43(37)46(44(39)29-36)32-17-16-30-24-31(26-32)27-33(46)25-30/h1-7,10-15,18-21,28-33H,8-9,16-17,22-27H2/t30?,31-,32?,33?,46?/m0/s1. The van der Waals surface area contributed by atoms with E-state index >= 15 is 0 Å². The highest BCUT2D eigenvalue weighted by Crippen LogP contribution is 2.68. The Bertz CT molecular complexity index is 2040. The molecule has 0 N–H and O–H groups in total. The summed E-state index contributed by atoms with van der Waals surface area (Å²) in [5.41, 5.74) is 16.5. The summed E-state index contributed by atoms with van der Waals surface area (Å²) in [6.07, 6.45) is 13.8. The molecule has 5 atom stereocenters. The molecule has 0 radical (unpaired) electrons. The van der Waals surface area contributed by atoms with Gasteiger partial charge in [0.05, 0.1) is 0 Å². The molecular formula is C46H43N. The predicted octanol–water partition coefficient (Wildman–Crippen LogP) is 12.1. The minimum Gasteiger partial charge on any atom is -0.310 e. The Hall–Kier alpha value is -4.10. The topological polar surface area (TPSA) is 3.24 Å². The van der Waals surface area contributed by atoms with Gasteiger partial charge < -0.3 is 4.90 Å². The van der Waals surface area contributed by atoms with Crippen LogP contribution in [0.15, 0.2) is 115 Å². The number of anilines is 3. The average molecular weight is 610 g/mol. The van der Waals surface area contributed by atoms with Crippen molar-refractivity contribution in [2.45, 2.75) is 75.0 Å². The molecule has 1 heteroatoms. The van der Waals surface area contributed by atoms with Crippen molar-refractivity contribution in [2.75, 3.05) is 4.90 Å². The van der Waals surface area contributed by atoms with Gasteiger partial charge in [0.25, 0.3) is 0 Å². The molecule has 5 saturated carbocycles. The fourth-order valence-corrected chi connectivity index (χ4v) is 12.6. The molecule has 4 unspecified atom stereocenters. The molecular weight excluding hydrogens is 567 g/mol. The van der Waals surface area contributed by atoms with Crippen molar-refractivity contribution in [3.05, 3.63) is 138 Å². The zero-order valence-electron chi connectivity index (χ0n) is 27.3. The van der Waals surface area contributed by atoms with E-state index in [1.165, 1.54) is 104 Å². The molecule has 47 heavy (non-hydrogen) atoms. The van der Waals surface area contributed by atoms with E-state index in [1.54, 1.807) is 22.3 Å². The van der Waals surface area contributed by atoms with Gasteiger partial charge in [0, 0.05) is 27.9 Å². The summed E-state index contributed by atoms with van der Waals surface area (Å²) in [6.45, 7) is 0. The van der Waals surface area contributed by atoms with Crippen molar-refractivity contribution in [3.63, 3.8) is 0 Å². The fourth-order valence-electron chi connectivity index (χ4n) is 12.6. The first-order valence-electron chi connectivity index (χ1n) is 18.6. The lowest BCUT2D eigenvalue weighted by molar-refractivity contribution is 0.0618. The zero-order valence-corrected chi connectivity index (χ0v) is 27.3. The summed E-state index contributed by atoms with van der Waals surface area (Å²) in [5, 5.41) is 0. The lowest BCUT2D eigenvalue weighted by atomic mass is 9.51. The van der Waals surface area contributed by atoms with Crippen LogP contribution in [0.3, 0.4) is 0 Å². The number of fused-ring (bicyclic) bond motifs is 9. The Labute approximate surface area is 279 Å². The molecule has 0 saturated heterocycles. The maximum atomic E-state index is 2.66.